The Labute approximate surface area is 152 Å². The number of aromatic nitrogens is 1. The standard InChI is InChI=1S/C21H19N3O2/c1-15(25)24-20-10-8-18(9-11-20)21(26)23-13-16-4-6-17(7-5-16)19-3-2-12-22-14-19/h2-12,14H,13H2,1H3,(H,23,26)(H,24,25). The van der Waals surface area contributed by atoms with Gasteiger partial charge in [0.1, 0.15) is 0 Å². The zero-order valence-corrected chi connectivity index (χ0v) is 14.4. The first-order valence-electron chi connectivity index (χ1n) is 8.27. The molecule has 0 saturated carbocycles. The number of amides is 2. The molecule has 5 heteroatoms. The Morgan fingerprint density at radius 3 is 2.27 bits per heavy atom. The van der Waals surface area contributed by atoms with Gasteiger partial charge in [0.15, 0.2) is 0 Å². The largest absolute Gasteiger partial charge is 0.348 e. The number of anilines is 1. The van der Waals surface area contributed by atoms with Crippen molar-refractivity contribution in [1.82, 2.24) is 10.3 Å². The molecule has 0 unspecified atom stereocenters. The molecule has 2 amide bonds. The molecule has 0 atom stereocenters. The SMILES string of the molecule is CC(=O)Nc1ccc(C(=O)NCc2ccc(-c3cccnc3)cc2)cc1. The summed E-state index contributed by atoms with van der Waals surface area (Å²) in [4.78, 5) is 27.4. The van der Waals surface area contributed by atoms with Crippen molar-refractivity contribution in [2.45, 2.75) is 13.5 Å². The van der Waals surface area contributed by atoms with E-state index in [0.29, 0.717) is 17.8 Å². The third-order valence-electron chi connectivity index (χ3n) is 3.87. The predicted molar refractivity (Wildman–Crippen MR) is 102 cm³/mol. The smallest absolute Gasteiger partial charge is 0.251 e. The monoisotopic (exact) mass is 345 g/mol. The molecule has 0 spiro atoms. The van der Waals surface area contributed by atoms with Gasteiger partial charge in [-0.15, -0.1) is 0 Å². The maximum atomic E-state index is 12.2. The Morgan fingerprint density at radius 1 is 0.923 bits per heavy atom. The lowest BCUT2D eigenvalue weighted by molar-refractivity contribution is -0.114. The number of rotatable bonds is 5. The van der Waals surface area contributed by atoms with Crippen LogP contribution >= 0.6 is 0 Å². The highest BCUT2D eigenvalue weighted by molar-refractivity contribution is 5.95. The second-order valence-corrected chi connectivity index (χ2v) is 5.88. The highest BCUT2D eigenvalue weighted by atomic mass is 16.2. The molecular weight excluding hydrogens is 326 g/mol. The van der Waals surface area contributed by atoms with Gasteiger partial charge in [-0.3, -0.25) is 14.6 Å². The van der Waals surface area contributed by atoms with Crippen molar-refractivity contribution < 1.29 is 9.59 Å². The molecule has 0 saturated heterocycles. The second kappa shape index (κ2) is 8.07. The maximum absolute atomic E-state index is 12.2. The first-order chi connectivity index (χ1) is 12.6. The van der Waals surface area contributed by atoms with Gasteiger partial charge < -0.3 is 10.6 Å². The van der Waals surface area contributed by atoms with Crippen molar-refractivity contribution in [2.24, 2.45) is 0 Å². The lowest BCUT2D eigenvalue weighted by atomic mass is 10.1. The molecule has 130 valence electrons. The predicted octanol–water partition coefficient (Wildman–Crippen LogP) is 3.64. The fourth-order valence-electron chi connectivity index (χ4n) is 2.54. The number of carbonyl (C=O) groups is 2. The average molecular weight is 345 g/mol. The van der Waals surface area contributed by atoms with Gasteiger partial charge in [0, 0.05) is 37.1 Å². The topological polar surface area (TPSA) is 71.1 Å². The number of benzene rings is 2. The highest BCUT2D eigenvalue weighted by Gasteiger charge is 2.06. The Morgan fingerprint density at radius 2 is 1.65 bits per heavy atom. The summed E-state index contributed by atoms with van der Waals surface area (Å²) in [7, 11) is 0. The minimum atomic E-state index is -0.157. The summed E-state index contributed by atoms with van der Waals surface area (Å²) in [5.74, 6) is -0.298. The van der Waals surface area contributed by atoms with E-state index in [2.05, 4.69) is 15.6 Å². The molecule has 2 aromatic carbocycles. The van der Waals surface area contributed by atoms with Crippen LogP contribution in [0.1, 0.15) is 22.8 Å². The highest BCUT2D eigenvalue weighted by Crippen LogP contribution is 2.18. The Bertz CT molecular complexity index is 889. The van der Waals surface area contributed by atoms with E-state index in [-0.39, 0.29) is 11.8 Å². The van der Waals surface area contributed by atoms with Crippen molar-refractivity contribution in [3.8, 4) is 11.1 Å². The van der Waals surface area contributed by atoms with Crippen molar-refractivity contribution in [3.05, 3.63) is 84.2 Å². The summed E-state index contributed by atoms with van der Waals surface area (Å²) in [6, 6.07) is 18.7. The van der Waals surface area contributed by atoms with Crippen LogP contribution in [0.5, 0.6) is 0 Å². The zero-order chi connectivity index (χ0) is 18.4. The quantitative estimate of drug-likeness (QED) is 0.742. The first-order valence-corrected chi connectivity index (χ1v) is 8.27. The Kier molecular flexibility index (Phi) is 5.39. The number of nitrogens with zero attached hydrogens (tertiary/aromatic N) is 1. The molecule has 1 heterocycles. The van der Waals surface area contributed by atoms with E-state index in [1.54, 1.807) is 30.5 Å². The minimum absolute atomic E-state index is 0.142. The normalized spacial score (nSPS) is 10.2. The zero-order valence-electron chi connectivity index (χ0n) is 14.4. The van der Waals surface area contributed by atoms with E-state index < -0.39 is 0 Å². The second-order valence-electron chi connectivity index (χ2n) is 5.88. The van der Waals surface area contributed by atoms with Gasteiger partial charge in [0.05, 0.1) is 0 Å². The number of hydrogen-bond acceptors (Lipinski definition) is 3. The van der Waals surface area contributed by atoms with Gasteiger partial charge in [-0.05, 0) is 47.0 Å². The van der Waals surface area contributed by atoms with Crippen LogP contribution in [0.25, 0.3) is 11.1 Å². The third kappa shape index (κ3) is 4.54. The van der Waals surface area contributed by atoms with Crippen molar-refractivity contribution >= 4 is 17.5 Å². The van der Waals surface area contributed by atoms with Crippen molar-refractivity contribution in [2.75, 3.05) is 5.32 Å². The van der Waals surface area contributed by atoms with Crippen LogP contribution < -0.4 is 10.6 Å². The van der Waals surface area contributed by atoms with Crippen LogP contribution in [0.2, 0.25) is 0 Å². The molecule has 0 aliphatic carbocycles. The Balaban J connectivity index is 1.58. The molecule has 3 aromatic rings. The van der Waals surface area contributed by atoms with E-state index in [0.717, 1.165) is 16.7 Å². The minimum Gasteiger partial charge on any atom is -0.348 e. The van der Waals surface area contributed by atoms with Gasteiger partial charge in [-0.25, -0.2) is 0 Å². The molecule has 0 aliphatic heterocycles. The fourth-order valence-corrected chi connectivity index (χ4v) is 2.54. The molecular formula is C21H19N3O2. The summed E-state index contributed by atoms with van der Waals surface area (Å²) in [5, 5.41) is 5.57. The van der Waals surface area contributed by atoms with E-state index >= 15 is 0 Å². The fraction of sp³-hybridized carbons (Fsp3) is 0.0952. The summed E-state index contributed by atoms with van der Waals surface area (Å²) in [6.45, 7) is 1.89. The van der Waals surface area contributed by atoms with Crippen LogP contribution in [-0.2, 0) is 11.3 Å². The number of carbonyl (C=O) groups excluding carboxylic acids is 2. The Hall–Kier alpha value is -3.47. The van der Waals surface area contributed by atoms with Crippen LogP contribution in [0.4, 0.5) is 5.69 Å². The molecule has 2 N–H and O–H groups in total. The van der Waals surface area contributed by atoms with Crippen LogP contribution in [-0.4, -0.2) is 16.8 Å². The first kappa shape index (κ1) is 17.4. The average Bonchev–Trinajstić information content (AvgIpc) is 2.67. The molecule has 3 rings (SSSR count). The van der Waals surface area contributed by atoms with E-state index in [1.807, 2.05) is 42.6 Å². The lowest BCUT2D eigenvalue weighted by Gasteiger charge is -2.08. The van der Waals surface area contributed by atoms with E-state index in [1.165, 1.54) is 6.92 Å². The molecule has 5 nitrogen and oxygen atoms in total. The third-order valence-corrected chi connectivity index (χ3v) is 3.87. The summed E-state index contributed by atoms with van der Waals surface area (Å²) >= 11 is 0. The summed E-state index contributed by atoms with van der Waals surface area (Å²) < 4.78 is 0. The van der Waals surface area contributed by atoms with E-state index in [9.17, 15) is 9.59 Å². The molecule has 0 radical (unpaired) electrons. The number of nitrogens with one attached hydrogen (secondary N) is 2. The van der Waals surface area contributed by atoms with Gasteiger partial charge in [0.2, 0.25) is 5.91 Å². The maximum Gasteiger partial charge on any atom is 0.251 e. The van der Waals surface area contributed by atoms with Crippen LogP contribution in [0.3, 0.4) is 0 Å². The molecule has 1 aromatic heterocycles. The van der Waals surface area contributed by atoms with E-state index in [4.69, 9.17) is 0 Å². The van der Waals surface area contributed by atoms with Gasteiger partial charge in [-0.1, -0.05) is 30.3 Å². The van der Waals surface area contributed by atoms with Gasteiger partial charge in [0.25, 0.3) is 5.91 Å². The number of pyridine rings is 1. The van der Waals surface area contributed by atoms with Gasteiger partial charge >= 0.3 is 0 Å². The van der Waals surface area contributed by atoms with Crippen molar-refractivity contribution in [3.63, 3.8) is 0 Å². The van der Waals surface area contributed by atoms with Gasteiger partial charge in [-0.2, -0.15) is 0 Å². The number of hydrogen-bond donors (Lipinski definition) is 2. The summed E-state index contributed by atoms with van der Waals surface area (Å²) in [6.07, 6.45) is 3.57. The molecule has 0 bridgehead atoms. The summed E-state index contributed by atoms with van der Waals surface area (Å²) in [5.41, 5.74) is 4.37. The van der Waals surface area contributed by atoms with Crippen LogP contribution in [0.15, 0.2) is 73.1 Å². The molecule has 0 aliphatic rings. The molecule has 0 fully saturated rings. The van der Waals surface area contributed by atoms with Crippen LogP contribution in [0, 0.1) is 0 Å². The van der Waals surface area contributed by atoms with Crippen molar-refractivity contribution in [1.29, 1.82) is 0 Å². The molecule has 26 heavy (non-hydrogen) atoms. The lowest BCUT2D eigenvalue weighted by Crippen LogP contribution is -2.22.